The van der Waals surface area contributed by atoms with Crippen molar-refractivity contribution in [3.8, 4) is 11.8 Å². The number of alkyl halides is 2. The smallest absolute Gasteiger partial charge is 0.387 e. The minimum Gasteiger partial charge on any atom is -0.435 e. The predicted molar refractivity (Wildman–Crippen MR) is 81.2 cm³/mol. The lowest BCUT2D eigenvalue weighted by atomic mass is 10.1. The molecule has 1 aromatic heterocycles. The van der Waals surface area contributed by atoms with Gasteiger partial charge in [-0.1, -0.05) is 12.2 Å². The number of rotatable bonds is 5. The molecule has 22 heavy (non-hydrogen) atoms. The maximum absolute atomic E-state index is 12.4. The molecule has 2 aromatic rings. The van der Waals surface area contributed by atoms with Crippen LogP contribution in [-0.2, 0) is 0 Å². The van der Waals surface area contributed by atoms with E-state index in [1.54, 1.807) is 6.07 Å². The number of ether oxygens (including phenoxy) is 1. The van der Waals surface area contributed by atoms with Crippen molar-refractivity contribution in [2.24, 2.45) is 0 Å². The first-order chi connectivity index (χ1) is 10.4. The number of nitriles is 1. The van der Waals surface area contributed by atoms with E-state index in [-0.39, 0.29) is 5.75 Å². The second-order valence-electron chi connectivity index (χ2n) is 5.00. The van der Waals surface area contributed by atoms with Crippen LogP contribution in [-0.4, -0.2) is 25.2 Å². The van der Waals surface area contributed by atoms with E-state index in [0.29, 0.717) is 28.7 Å². The van der Waals surface area contributed by atoms with Crippen molar-refractivity contribution in [2.45, 2.75) is 13.5 Å². The third-order valence-corrected chi connectivity index (χ3v) is 3.05. The number of hydrogen-bond donors (Lipinski definition) is 0. The average molecular weight is 303 g/mol. The van der Waals surface area contributed by atoms with E-state index in [0.717, 1.165) is 5.57 Å². The summed E-state index contributed by atoms with van der Waals surface area (Å²) in [5.41, 5.74) is 2.50. The Morgan fingerprint density at radius 3 is 2.82 bits per heavy atom. The number of benzene rings is 1. The first-order valence-corrected chi connectivity index (χ1v) is 6.55. The Balaban J connectivity index is 2.62. The van der Waals surface area contributed by atoms with Gasteiger partial charge in [0.2, 0.25) is 0 Å². The van der Waals surface area contributed by atoms with Crippen LogP contribution in [0.15, 0.2) is 36.5 Å². The Morgan fingerprint density at radius 1 is 1.50 bits per heavy atom. The van der Waals surface area contributed by atoms with Crippen molar-refractivity contribution in [3.05, 3.63) is 42.1 Å². The molecule has 114 valence electrons. The molecule has 0 aliphatic rings. The second-order valence-corrected chi connectivity index (χ2v) is 5.00. The van der Waals surface area contributed by atoms with Crippen molar-refractivity contribution in [3.63, 3.8) is 0 Å². The summed E-state index contributed by atoms with van der Waals surface area (Å²) >= 11 is 0. The van der Waals surface area contributed by atoms with Gasteiger partial charge in [0.1, 0.15) is 11.8 Å². The molecule has 0 saturated heterocycles. The largest absolute Gasteiger partial charge is 0.435 e. The zero-order valence-electron chi connectivity index (χ0n) is 12.3. The Kier molecular flexibility index (Phi) is 4.56. The molecule has 0 saturated carbocycles. The van der Waals surface area contributed by atoms with Gasteiger partial charge < -0.3 is 9.64 Å². The molecule has 4 nitrogen and oxygen atoms in total. The monoisotopic (exact) mass is 303 g/mol. The lowest BCUT2D eigenvalue weighted by Crippen LogP contribution is -2.20. The summed E-state index contributed by atoms with van der Waals surface area (Å²) in [4.78, 5) is 6.02. The third kappa shape index (κ3) is 3.31. The molecule has 0 unspecified atom stereocenters. The van der Waals surface area contributed by atoms with Crippen molar-refractivity contribution >= 4 is 16.6 Å². The molecule has 2 rings (SSSR count). The number of anilines is 1. The van der Waals surface area contributed by atoms with Gasteiger partial charge in [-0.05, 0) is 25.1 Å². The van der Waals surface area contributed by atoms with E-state index < -0.39 is 6.61 Å². The van der Waals surface area contributed by atoms with Gasteiger partial charge in [0.15, 0.2) is 0 Å². The molecule has 0 amide bonds. The maximum atomic E-state index is 12.4. The van der Waals surface area contributed by atoms with Crippen LogP contribution in [0.4, 0.5) is 14.5 Å². The van der Waals surface area contributed by atoms with E-state index >= 15 is 0 Å². The van der Waals surface area contributed by atoms with Gasteiger partial charge in [0, 0.05) is 25.2 Å². The topological polar surface area (TPSA) is 49.2 Å². The Morgan fingerprint density at radius 2 is 2.23 bits per heavy atom. The quantitative estimate of drug-likeness (QED) is 0.790. The standard InChI is InChI=1S/C16H15F2N3O/c1-10(2)9-21(3)15-11(7-19)8-20-14-5-4-12(6-13(14)15)22-16(17)18/h4-6,8,16H,1,9H2,2-3H3. The number of pyridine rings is 1. The first kappa shape index (κ1) is 15.7. The third-order valence-electron chi connectivity index (χ3n) is 3.05. The van der Waals surface area contributed by atoms with Crippen LogP contribution in [0, 0.1) is 11.3 Å². The van der Waals surface area contributed by atoms with Crippen molar-refractivity contribution in [1.82, 2.24) is 4.98 Å². The van der Waals surface area contributed by atoms with E-state index in [1.807, 2.05) is 18.9 Å². The Bertz CT molecular complexity index is 753. The van der Waals surface area contributed by atoms with Gasteiger partial charge in [-0.2, -0.15) is 14.0 Å². The van der Waals surface area contributed by atoms with Gasteiger partial charge in [0.05, 0.1) is 16.8 Å². The summed E-state index contributed by atoms with van der Waals surface area (Å²) in [7, 11) is 1.81. The van der Waals surface area contributed by atoms with Crippen LogP contribution in [0.5, 0.6) is 5.75 Å². The van der Waals surface area contributed by atoms with Crippen molar-refractivity contribution in [1.29, 1.82) is 5.26 Å². The van der Waals surface area contributed by atoms with Crippen LogP contribution < -0.4 is 9.64 Å². The molecule has 1 aromatic carbocycles. The number of aromatic nitrogens is 1. The molecule has 0 atom stereocenters. The lowest BCUT2D eigenvalue weighted by molar-refractivity contribution is -0.0497. The molecular formula is C16H15F2N3O. The average Bonchev–Trinajstić information content (AvgIpc) is 2.44. The molecule has 6 heteroatoms. The molecule has 0 aliphatic carbocycles. The molecule has 0 aliphatic heterocycles. The van der Waals surface area contributed by atoms with Gasteiger partial charge in [-0.3, -0.25) is 4.98 Å². The van der Waals surface area contributed by atoms with Gasteiger partial charge in [0.25, 0.3) is 0 Å². The number of nitrogens with zero attached hydrogens (tertiary/aromatic N) is 3. The zero-order chi connectivity index (χ0) is 16.3. The predicted octanol–water partition coefficient (Wildman–Crippen LogP) is 3.72. The fourth-order valence-electron chi connectivity index (χ4n) is 2.31. The normalized spacial score (nSPS) is 10.5. The summed E-state index contributed by atoms with van der Waals surface area (Å²) in [6, 6.07) is 6.57. The van der Waals surface area contributed by atoms with E-state index in [1.165, 1.54) is 18.3 Å². The van der Waals surface area contributed by atoms with Crippen LogP contribution in [0.3, 0.4) is 0 Å². The van der Waals surface area contributed by atoms with E-state index in [4.69, 9.17) is 0 Å². The summed E-state index contributed by atoms with van der Waals surface area (Å²) in [5, 5.41) is 9.87. The second kappa shape index (κ2) is 6.39. The van der Waals surface area contributed by atoms with Gasteiger partial charge >= 0.3 is 6.61 Å². The zero-order valence-corrected chi connectivity index (χ0v) is 12.3. The van der Waals surface area contributed by atoms with Gasteiger partial charge in [-0.25, -0.2) is 0 Å². The minimum absolute atomic E-state index is 0.0318. The lowest BCUT2D eigenvalue weighted by Gasteiger charge is -2.22. The van der Waals surface area contributed by atoms with Crippen LogP contribution >= 0.6 is 0 Å². The SMILES string of the molecule is C=C(C)CN(C)c1c(C#N)cnc2ccc(OC(F)F)cc12. The molecule has 1 heterocycles. The minimum atomic E-state index is -2.90. The highest BCUT2D eigenvalue weighted by Gasteiger charge is 2.15. The fraction of sp³-hybridized carbons (Fsp3) is 0.250. The van der Waals surface area contributed by atoms with Crippen molar-refractivity contribution < 1.29 is 13.5 Å². The number of fused-ring (bicyclic) bond motifs is 1. The molecule has 0 spiro atoms. The molecule has 0 fully saturated rings. The summed E-state index contributed by atoms with van der Waals surface area (Å²) in [6.07, 6.45) is 1.47. The Labute approximate surface area is 127 Å². The van der Waals surface area contributed by atoms with Gasteiger partial charge in [-0.15, -0.1) is 0 Å². The number of halogens is 2. The van der Waals surface area contributed by atoms with Crippen molar-refractivity contribution in [2.75, 3.05) is 18.5 Å². The molecular weight excluding hydrogens is 288 g/mol. The Hall–Kier alpha value is -2.68. The molecule has 0 bridgehead atoms. The fourth-order valence-corrected chi connectivity index (χ4v) is 2.31. The molecule has 0 radical (unpaired) electrons. The van der Waals surface area contributed by atoms with Crippen LogP contribution in [0.2, 0.25) is 0 Å². The van der Waals surface area contributed by atoms with Crippen LogP contribution in [0.1, 0.15) is 12.5 Å². The van der Waals surface area contributed by atoms with E-state index in [2.05, 4.69) is 22.4 Å². The van der Waals surface area contributed by atoms with E-state index in [9.17, 15) is 14.0 Å². The summed E-state index contributed by atoms with van der Waals surface area (Å²) < 4.78 is 29.2. The molecule has 0 N–H and O–H groups in total. The highest BCUT2D eigenvalue weighted by Crippen LogP contribution is 2.32. The summed E-state index contributed by atoms with van der Waals surface area (Å²) in [6.45, 7) is 3.36. The first-order valence-electron chi connectivity index (χ1n) is 6.55. The number of likely N-dealkylation sites (N-methyl/N-ethyl adjacent to an activating group) is 1. The maximum Gasteiger partial charge on any atom is 0.387 e. The highest BCUT2D eigenvalue weighted by atomic mass is 19.3. The van der Waals surface area contributed by atoms with Crippen LogP contribution in [0.25, 0.3) is 10.9 Å². The summed E-state index contributed by atoms with van der Waals surface area (Å²) in [5.74, 6) is 0.0318. The number of hydrogen-bond acceptors (Lipinski definition) is 4. The highest BCUT2D eigenvalue weighted by molar-refractivity contribution is 5.95.